The van der Waals surface area contributed by atoms with Crippen LogP contribution >= 0.6 is 0 Å². The summed E-state index contributed by atoms with van der Waals surface area (Å²) in [4.78, 5) is 0. The summed E-state index contributed by atoms with van der Waals surface area (Å²) in [5, 5.41) is 18.5. The van der Waals surface area contributed by atoms with E-state index in [1.165, 1.54) is 16.7 Å². The van der Waals surface area contributed by atoms with E-state index in [2.05, 4.69) is 59.7 Å². The zero-order chi connectivity index (χ0) is 17.4. The Labute approximate surface area is 140 Å². The minimum Gasteiger partial charge on any atom is -0.423 e. The van der Waals surface area contributed by atoms with Gasteiger partial charge in [0.2, 0.25) is 0 Å². The molecule has 0 atom stereocenters. The fourth-order valence-electron chi connectivity index (χ4n) is 2.51. The number of benzene rings is 2. The first-order valence-corrected chi connectivity index (χ1v) is 8.11. The van der Waals surface area contributed by atoms with Crippen LogP contribution in [0.2, 0.25) is 0 Å². The maximum atomic E-state index is 9.24. The highest BCUT2D eigenvalue weighted by Gasteiger charge is 2.21. The molecule has 0 amide bonds. The van der Waals surface area contributed by atoms with E-state index >= 15 is 0 Å². The first-order valence-electron chi connectivity index (χ1n) is 8.11. The summed E-state index contributed by atoms with van der Waals surface area (Å²) in [5.41, 5.74) is 5.55. The molecule has 0 radical (unpaired) electrons. The van der Waals surface area contributed by atoms with Crippen LogP contribution in [0.25, 0.3) is 11.1 Å². The second-order valence-electron chi connectivity index (χ2n) is 8.29. The third kappa shape index (κ3) is 4.24. The molecule has 3 heteroatoms. The molecule has 0 unspecified atom stereocenters. The standard InChI is InChI=1S/C20H27BO2/c1-19(2,3)16-11-15(12-17(13-16)20(4,5)6)14-7-9-18(10-8-14)21(22)23/h7-13,22-23H,1-6H3. The molecule has 0 spiro atoms. The van der Waals surface area contributed by atoms with Crippen molar-refractivity contribution < 1.29 is 10.0 Å². The van der Waals surface area contributed by atoms with Gasteiger partial charge in [-0.15, -0.1) is 0 Å². The lowest BCUT2D eigenvalue weighted by Crippen LogP contribution is -2.29. The van der Waals surface area contributed by atoms with Crippen molar-refractivity contribution in [2.75, 3.05) is 0 Å². The Morgan fingerprint density at radius 3 is 1.43 bits per heavy atom. The fourth-order valence-corrected chi connectivity index (χ4v) is 2.51. The maximum absolute atomic E-state index is 9.24. The molecule has 0 aliphatic carbocycles. The average Bonchev–Trinajstić information content (AvgIpc) is 2.45. The van der Waals surface area contributed by atoms with Crippen LogP contribution in [-0.2, 0) is 10.8 Å². The zero-order valence-electron chi connectivity index (χ0n) is 15.0. The van der Waals surface area contributed by atoms with Crippen LogP contribution in [0, 0.1) is 0 Å². The molecule has 0 saturated carbocycles. The van der Waals surface area contributed by atoms with Crippen LogP contribution in [0.4, 0.5) is 0 Å². The molecule has 2 rings (SSSR count). The van der Waals surface area contributed by atoms with Gasteiger partial charge < -0.3 is 10.0 Å². The molecule has 0 aliphatic heterocycles. The summed E-state index contributed by atoms with van der Waals surface area (Å²) in [6.45, 7) is 13.4. The van der Waals surface area contributed by atoms with E-state index in [4.69, 9.17) is 0 Å². The predicted molar refractivity (Wildman–Crippen MR) is 99.1 cm³/mol. The van der Waals surface area contributed by atoms with E-state index in [1.54, 1.807) is 12.1 Å². The molecule has 2 aromatic rings. The van der Waals surface area contributed by atoms with Gasteiger partial charge in [-0.3, -0.25) is 0 Å². The number of rotatable bonds is 2. The Balaban J connectivity index is 2.57. The molecule has 0 bridgehead atoms. The highest BCUT2D eigenvalue weighted by molar-refractivity contribution is 6.58. The summed E-state index contributed by atoms with van der Waals surface area (Å²) in [6, 6.07) is 14.2. The van der Waals surface area contributed by atoms with Crippen molar-refractivity contribution in [3.8, 4) is 11.1 Å². The molecular formula is C20H27BO2. The highest BCUT2D eigenvalue weighted by Crippen LogP contribution is 2.33. The van der Waals surface area contributed by atoms with Crippen LogP contribution < -0.4 is 5.46 Å². The third-order valence-electron chi connectivity index (χ3n) is 4.21. The smallest absolute Gasteiger partial charge is 0.423 e. The molecule has 0 aliphatic rings. The summed E-state index contributed by atoms with van der Waals surface area (Å²) in [5.74, 6) is 0. The van der Waals surface area contributed by atoms with Crippen LogP contribution in [0.1, 0.15) is 52.7 Å². The largest absolute Gasteiger partial charge is 0.488 e. The van der Waals surface area contributed by atoms with E-state index in [0.29, 0.717) is 5.46 Å². The van der Waals surface area contributed by atoms with E-state index in [0.717, 1.165) is 5.56 Å². The van der Waals surface area contributed by atoms with Gasteiger partial charge >= 0.3 is 7.12 Å². The highest BCUT2D eigenvalue weighted by atomic mass is 16.4. The Hall–Kier alpha value is -1.58. The molecule has 122 valence electrons. The van der Waals surface area contributed by atoms with E-state index < -0.39 is 7.12 Å². The van der Waals surface area contributed by atoms with Gasteiger partial charge in [0.25, 0.3) is 0 Å². The zero-order valence-corrected chi connectivity index (χ0v) is 15.0. The molecule has 2 N–H and O–H groups in total. The van der Waals surface area contributed by atoms with Crippen molar-refractivity contribution in [2.24, 2.45) is 0 Å². The van der Waals surface area contributed by atoms with E-state index in [1.807, 2.05) is 12.1 Å². The van der Waals surface area contributed by atoms with Crippen molar-refractivity contribution >= 4 is 12.6 Å². The first-order chi connectivity index (χ1) is 10.5. The lowest BCUT2D eigenvalue weighted by atomic mass is 9.77. The molecule has 0 fully saturated rings. The van der Waals surface area contributed by atoms with Crippen LogP contribution in [0.3, 0.4) is 0 Å². The monoisotopic (exact) mass is 310 g/mol. The van der Waals surface area contributed by atoms with Crippen molar-refractivity contribution in [1.29, 1.82) is 0 Å². The Morgan fingerprint density at radius 1 is 0.652 bits per heavy atom. The SMILES string of the molecule is CC(C)(C)c1cc(-c2ccc(B(O)O)cc2)cc(C(C)(C)C)c1. The molecule has 0 heterocycles. The van der Waals surface area contributed by atoms with E-state index in [-0.39, 0.29) is 10.8 Å². The summed E-state index contributed by atoms with van der Waals surface area (Å²) in [7, 11) is -1.42. The third-order valence-corrected chi connectivity index (χ3v) is 4.21. The molecule has 0 saturated heterocycles. The van der Waals surface area contributed by atoms with Gasteiger partial charge in [-0.25, -0.2) is 0 Å². The molecule has 23 heavy (non-hydrogen) atoms. The van der Waals surface area contributed by atoms with Crippen molar-refractivity contribution in [1.82, 2.24) is 0 Å². The van der Waals surface area contributed by atoms with Gasteiger partial charge in [0.1, 0.15) is 0 Å². The number of hydrogen-bond acceptors (Lipinski definition) is 2. The van der Waals surface area contributed by atoms with E-state index in [9.17, 15) is 10.0 Å². The predicted octanol–water partition coefficient (Wildman–Crippen LogP) is 3.63. The van der Waals surface area contributed by atoms with Crippen molar-refractivity contribution in [2.45, 2.75) is 52.4 Å². The topological polar surface area (TPSA) is 40.5 Å². The lowest BCUT2D eigenvalue weighted by Gasteiger charge is -2.26. The summed E-state index contributed by atoms with van der Waals surface area (Å²) in [6.07, 6.45) is 0. The van der Waals surface area contributed by atoms with Crippen LogP contribution in [0.15, 0.2) is 42.5 Å². The Kier molecular flexibility index (Phi) is 4.75. The fraction of sp³-hybridized carbons (Fsp3) is 0.400. The average molecular weight is 310 g/mol. The second kappa shape index (κ2) is 6.14. The normalized spacial score (nSPS) is 12.3. The quantitative estimate of drug-likeness (QED) is 0.832. The van der Waals surface area contributed by atoms with Gasteiger partial charge in [0.15, 0.2) is 0 Å². The Morgan fingerprint density at radius 2 is 1.09 bits per heavy atom. The summed E-state index contributed by atoms with van der Waals surface area (Å²) >= 11 is 0. The van der Waals surface area contributed by atoms with Gasteiger partial charge in [-0.1, -0.05) is 84.0 Å². The number of hydrogen-bond donors (Lipinski definition) is 2. The molecule has 2 aromatic carbocycles. The second-order valence-corrected chi connectivity index (χ2v) is 8.29. The van der Waals surface area contributed by atoms with Crippen molar-refractivity contribution in [3.05, 3.63) is 53.6 Å². The van der Waals surface area contributed by atoms with Gasteiger partial charge in [-0.05, 0) is 38.5 Å². The minimum atomic E-state index is -1.42. The molecule has 2 nitrogen and oxygen atoms in total. The minimum absolute atomic E-state index is 0.0806. The van der Waals surface area contributed by atoms with Gasteiger partial charge in [0.05, 0.1) is 0 Å². The van der Waals surface area contributed by atoms with Crippen LogP contribution in [0.5, 0.6) is 0 Å². The molecule has 0 aromatic heterocycles. The maximum Gasteiger partial charge on any atom is 0.488 e. The molecular weight excluding hydrogens is 283 g/mol. The van der Waals surface area contributed by atoms with Crippen LogP contribution in [-0.4, -0.2) is 17.2 Å². The first kappa shape index (κ1) is 17.8. The van der Waals surface area contributed by atoms with Crippen molar-refractivity contribution in [3.63, 3.8) is 0 Å². The van der Waals surface area contributed by atoms with Gasteiger partial charge in [-0.2, -0.15) is 0 Å². The Bertz CT molecular complexity index is 642. The van der Waals surface area contributed by atoms with Gasteiger partial charge in [0, 0.05) is 0 Å². The summed E-state index contributed by atoms with van der Waals surface area (Å²) < 4.78 is 0. The lowest BCUT2D eigenvalue weighted by molar-refractivity contribution is 0.426.